The Labute approximate surface area is 133 Å². The molecule has 0 spiro atoms. The van der Waals surface area contributed by atoms with Crippen LogP contribution in [0.5, 0.6) is 0 Å². The summed E-state index contributed by atoms with van der Waals surface area (Å²) < 4.78 is 5.60. The molecule has 0 atom stereocenters. The summed E-state index contributed by atoms with van der Waals surface area (Å²) in [6, 6.07) is 4.19. The zero-order valence-electron chi connectivity index (χ0n) is 14.3. The number of aryl methyl sites for hydroxylation is 1. The minimum atomic E-state index is 0. The van der Waals surface area contributed by atoms with Crippen molar-refractivity contribution in [3.05, 3.63) is 36.1 Å². The number of aromatic amines is 1. The molecule has 0 aliphatic heterocycles. The van der Waals surface area contributed by atoms with Crippen molar-refractivity contribution in [2.45, 2.75) is 53.4 Å². The maximum absolute atomic E-state index is 5.60. The second kappa shape index (κ2) is 6.34. The average Bonchev–Trinajstić information content (AvgIpc) is 3.05. The zero-order chi connectivity index (χ0) is 16.3. The van der Waals surface area contributed by atoms with Gasteiger partial charge in [0.05, 0.1) is 11.9 Å². The first kappa shape index (κ1) is 16.3. The number of fused-ring (bicyclic) bond motifs is 1. The topological polar surface area (TPSA) is 54.7 Å². The minimum absolute atomic E-state index is 0. The smallest absolute Gasteiger partial charge is 0.182 e. The van der Waals surface area contributed by atoms with Gasteiger partial charge >= 0.3 is 0 Å². The molecule has 4 nitrogen and oxygen atoms in total. The predicted octanol–water partition coefficient (Wildman–Crippen LogP) is 5.49. The highest BCUT2D eigenvalue weighted by atomic mass is 16.3. The largest absolute Gasteiger partial charge is 0.443 e. The Morgan fingerprint density at radius 2 is 1.86 bits per heavy atom. The Balaban J connectivity index is 0.000000615. The van der Waals surface area contributed by atoms with Crippen LogP contribution in [0.1, 0.15) is 53.9 Å². The van der Waals surface area contributed by atoms with Crippen LogP contribution in [-0.4, -0.2) is 15.0 Å². The summed E-state index contributed by atoms with van der Waals surface area (Å²) in [7, 11) is 0. The van der Waals surface area contributed by atoms with E-state index >= 15 is 0 Å². The van der Waals surface area contributed by atoms with E-state index < -0.39 is 0 Å². The molecule has 0 unspecified atom stereocenters. The Morgan fingerprint density at radius 1 is 1.18 bits per heavy atom. The van der Waals surface area contributed by atoms with Crippen LogP contribution in [0.4, 0.5) is 0 Å². The van der Waals surface area contributed by atoms with Gasteiger partial charge in [0.2, 0.25) is 0 Å². The fourth-order valence-electron chi connectivity index (χ4n) is 2.32. The molecule has 4 heteroatoms. The third-order valence-electron chi connectivity index (χ3n) is 3.28. The number of hydrogen-bond donors (Lipinski definition) is 1. The molecular weight excluding hydrogens is 274 g/mol. The van der Waals surface area contributed by atoms with Gasteiger partial charge in [-0.2, -0.15) is 0 Å². The lowest BCUT2D eigenvalue weighted by Crippen LogP contribution is -2.11. The summed E-state index contributed by atoms with van der Waals surface area (Å²) in [5.74, 6) is 0.895. The van der Waals surface area contributed by atoms with Gasteiger partial charge in [0.15, 0.2) is 12.0 Å². The van der Waals surface area contributed by atoms with Crippen molar-refractivity contribution in [2.24, 2.45) is 0 Å². The van der Waals surface area contributed by atoms with Crippen molar-refractivity contribution in [2.75, 3.05) is 0 Å². The van der Waals surface area contributed by atoms with Crippen LogP contribution < -0.4 is 0 Å². The molecule has 0 radical (unpaired) electrons. The molecule has 0 aliphatic rings. The molecule has 0 aliphatic carbocycles. The number of nitrogens with zero attached hydrogens (tertiary/aromatic N) is 2. The van der Waals surface area contributed by atoms with Crippen LogP contribution in [0, 0.1) is 6.92 Å². The first-order valence-corrected chi connectivity index (χ1v) is 7.77. The molecule has 3 rings (SSSR count). The van der Waals surface area contributed by atoms with Gasteiger partial charge in [-0.05, 0) is 12.3 Å². The van der Waals surface area contributed by atoms with Crippen molar-refractivity contribution in [1.82, 2.24) is 15.0 Å². The van der Waals surface area contributed by atoms with Gasteiger partial charge in [-0.25, -0.2) is 9.97 Å². The standard InChI is InChI=1S/C15H17N3O.C3H8.H2/c1-9-16-7-12(18-9)10-5-6-11(15(2,3)4)14-13(10)17-8-19-14;1-3-2;/h5-8H,1-4H3,(H,16,18);3H2,1-2H3;1H. The second-order valence-corrected chi connectivity index (χ2v) is 6.53. The van der Waals surface area contributed by atoms with E-state index in [1.807, 2.05) is 13.1 Å². The van der Waals surface area contributed by atoms with Crippen LogP contribution >= 0.6 is 0 Å². The number of benzene rings is 1. The maximum Gasteiger partial charge on any atom is 0.182 e. The van der Waals surface area contributed by atoms with E-state index in [0.29, 0.717) is 0 Å². The average molecular weight is 301 g/mol. The van der Waals surface area contributed by atoms with E-state index in [2.05, 4.69) is 61.7 Å². The quantitative estimate of drug-likeness (QED) is 0.647. The van der Waals surface area contributed by atoms with Gasteiger partial charge in [0.1, 0.15) is 11.3 Å². The highest BCUT2D eigenvalue weighted by Crippen LogP contribution is 2.34. The molecule has 22 heavy (non-hydrogen) atoms. The molecular formula is C18H27N3O. The highest BCUT2D eigenvalue weighted by Gasteiger charge is 2.21. The Bertz CT molecular complexity index is 753. The number of hydrogen-bond acceptors (Lipinski definition) is 3. The number of oxazole rings is 1. The van der Waals surface area contributed by atoms with Crippen molar-refractivity contribution in [3.63, 3.8) is 0 Å². The molecule has 2 heterocycles. The Kier molecular flexibility index (Phi) is 4.69. The molecule has 0 saturated carbocycles. The summed E-state index contributed by atoms with van der Waals surface area (Å²) in [6.45, 7) is 12.7. The van der Waals surface area contributed by atoms with Crippen LogP contribution in [0.15, 0.2) is 29.1 Å². The van der Waals surface area contributed by atoms with Crippen LogP contribution in [0.25, 0.3) is 22.4 Å². The van der Waals surface area contributed by atoms with Gasteiger partial charge in [0, 0.05) is 12.6 Å². The van der Waals surface area contributed by atoms with Crippen molar-refractivity contribution in [1.29, 1.82) is 0 Å². The number of rotatable bonds is 1. The van der Waals surface area contributed by atoms with Crippen molar-refractivity contribution < 1.29 is 5.84 Å². The summed E-state index contributed by atoms with van der Waals surface area (Å²) in [6.07, 6.45) is 4.59. The van der Waals surface area contributed by atoms with Gasteiger partial charge in [0.25, 0.3) is 0 Å². The first-order valence-electron chi connectivity index (χ1n) is 7.77. The van der Waals surface area contributed by atoms with Gasteiger partial charge in [-0.3, -0.25) is 0 Å². The third kappa shape index (κ3) is 3.21. The Morgan fingerprint density at radius 3 is 2.41 bits per heavy atom. The van der Waals surface area contributed by atoms with Gasteiger partial charge < -0.3 is 9.40 Å². The predicted molar refractivity (Wildman–Crippen MR) is 93.1 cm³/mol. The lowest BCUT2D eigenvalue weighted by molar-refractivity contribution is 0.554. The fraction of sp³-hybridized carbons (Fsp3) is 0.444. The number of nitrogens with one attached hydrogen (secondary N) is 1. The normalized spacial score (nSPS) is 11.4. The molecule has 0 amide bonds. The summed E-state index contributed by atoms with van der Waals surface area (Å²) in [5.41, 5.74) is 4.93. The summed E-state index contributed by atoms with van der Waals surface area (Å²) in [5, 5.41) is 0. The molecule has 3 aromatic rings. The first-order chi connectivity index (χ1) is 10.4. The molecule has 0 bridgehead atoms. The molecule has 2 aromatic heterocycles. The second-order valence-electron chi connectivity index (χ2n) is 6.53. The monoisotopic (exact) mass is 301 g/mol. The lowest BCUT2D eigenvalue weighted by Gasteiger charge is -2.19. The number of aromatic nitrogens is 3. The van der Waals surface area contributed by atoms with Crippen LogP contribution in [-0.2, 0) is 5.41 Å². The molecule has 0 saturated heterocycles. The third-order valence-corrected chi connectivity index (χ3v) is 3.28. The van der Waals surface area contributed by atoms with Crippen molar-refractivity contribution >= 4 is 11.1 Å². The fourth-order valence-corrected chi connectivity index (χ4v) is 2.32. The SMILES string of the molecule is CCC.Cc1ncc(-c2ccc(C(C)(C)C)c3ocnc23)[nH]1.[HH]. The van der Waals surface area contributed by atoms with Gasteiger partial charge in [-0.1, -0.05) is 53.2 Å². The highest BCUT2D eigenvalue weighted by molar-refractivity contribution is 5.91. The Hall–Kier alpha value is -2.10. The minimum Gasteiger partial charge on any atom is -0.443 e. The molecule has 1 N–H and O–H groups in total. The lowest BCUT2D eigenvalue weighted by atomic mass is 9.85. The summed E-state index contributed by atoms with van der Waals surface area (Å²) >= 11 is 0. The van der Waals surface area contributed by atoms with E-state index in [4.69, 9.17) is 4.42 Å². The molecule has 1 aromatic carbocycles. The van der Waals surface area contributed by atoms with Crippen LogP contribution in [0.2, 0.25) is 0 Å². The zero-order valence-corrected chi connectivity index (χ0v) is 14.3. The van der Waals surface area contributed by atoms with E-state index in [-0.39, 0.29) is 6.84 Å². The molecule has 120 valence electrons. The number of H-pyrrole nitrogens is 1. The van der Waals surface area contributed by atoms with E-state index in [0.717, 1.165) is 28.2 Å². The van der Waals surface area contributed by atoms with E-state index in [1.54, 1.807) is 0 Å². The van der Waals surface area contributed by atoms with E-state index in [1.165, 1.54) is 18.4 Å². The number of imidazole rings is 1. The molecule has 0 fully saturated rings. The van der Waals surface area contributed by atoms with Crippen molar-refractivity contribution in [3.8, 4) is 11.3 Å². The van der Waals surface area contributed by atoms with Crippen LogP contribution in [0.3, 0.4) is 0 Å². The van der Waals surface area contributed by atoms with E-state index in [9.17, 15) is 0 Å². The maximum atomic E-state index is 5.60. The van der Waals surface area contributed by atoms with Gasteiger partial charge in [-0.15, -0.1) is 0 Å². The summed E-state index contributed by atoms with van der Waals surface area (Å²) in [4.78, 5) is 11.8.